The van der Waals surface area contributed by atoms with Gasteiger partial charge in [0.05, 0.1) is 0 Å². The lowest BCUT2D eigenvalue weighted by atomic mass is 10.0. The number of hydrogen-bond donors (Lipinski definition) is 1. The normalized spacial score (nSPS) is 9.87. The summed E-state index contributed by atoms with van der Waals surface area (Å²) in [5, 5.41) is 0. The van der Waals surface area contributed by atoms with Crippen molar-refractivity contribution in [2.24, 2.45) is 5.73 Å². The first-order valence-corrected chi connectivity index (χ1v) is 5.62. The number of unbranched alkanes of at least 4 members (excludes halogenated alkanes) is 3. The van der Waals surface area contributed by atoms with Crippen LogP contribution in [-0.4, -0.2) is 6.54 Å². The summed E-state index contributed by atoms with van der Waals surface area (Å²) in [5.74, 6) is 2.62. The summed E-state index contributed by atoms with van der Waals surface area (Å²) < 4.78 is 0. The largest absolute Gasteiger partial charge is 0.330 e. The van der Waals surface area contributed by atoms with Gasteiger partial charge < -0.3 is 5.73 Å². The van der Waals surface area contributed by atoms with Crippen LogP contribution in [0.25, 0.3) is 0 Å². The molecule has 0 amide bonds. The molecule has 2 N–H and O–H groups in total. The molecule has 1 nitrogen and oxygen atoms in total. The van der Waals surface area contributed by atoms with E-state index in [0.29, 0.717) is 0 Å². The van der Waals surface area contributed by atoms with Gasteiger partial charge in [-0.2, -0.15) is 0 Å². The van der Waals surface area contributed by atoms with Gasteiger partial charge in [-0.1, -0.05) is 30.9 Å². The molecule has 0 aromatic heterocycles. The van der Waals surface area contributed by atoms with E-state index in [9.17, 15) is 0 Å². The van der Waals surface area contributed by atoms with Gasteiger partial charge in [-0.3, -0.25) is 0 Å². The van der Waals surface area contributed by atoms with Crippen LogP contribution in [-0.2, 0) is 6.42 Å². The lowest BCUT2D eigenvalue weighted by Gasteiger charge is -2.01. The standard InChI is InChI=1S/C14H19N/c1-2-13-8-10-14(11-9-13)7-5-3-4-6-12-15/h1,8-11H,3-7,12,15H2. The molecule has 1 heteroatoms. The molecule has 0 fully saturated rings. The Morgan fingerprint density at radius 1 is 1.00 bits per heavy atom. The first kappa shape index (κ1) is 11.8. The number of nitrogens with two attached hydrogens (primary N) is 1. The van der Waals surface area contributed by atoms with Crippen molar-refractivity contribution >= 4 is 0 Å². The van der Waals surface area contributed by atoms with E-state index < -0.39 is 0 Å². The average Bonchev–Trinajstić information content (AvgIpc) is 2.30. The maximum absolute atomic E-state index is 5.44. The SMILES string of the molecule is C#Cc1ccc(CCCCCCN)cc1. The molecule has 0 radical (unpaired) electrons. The van der Waals surface area contributed by atoms with E-state index in [1.807, 2.05) is 12.1 Å². The topological polar surface area (TPSA) is 26.0 Å². The van der Waals surface area contributed by atoms with E-state index >= 15 is 0 Å². The van der Waals surface area contributed by atoms with Gasteiger partial charge in [0, 0.05) is 5.56 Å². The van der Waals surface area contributed by atoms with Crippen molar-refractivity contribution in [1.29, 1.82) is 0 Å². The molecule has 0 bridgehead atoms. The van der Waals surface area contributed by atoms with Gasteiger partial charge in [-0.15, -0.1) is 6.42 Å². The summed E-state index contributed by atoms with van der Waals surface area (Å²) in [6, 6.07) is 8.26. The summed E-state index contributed by atoms with van der Waals surface area (Å²) in [7, 11) is 0. The van der Waals surface area contributed by atoms with Crippen LogP contribution in [0.3, 0.4) is 0 Å². The minimum absolute atomic E-state index is 0.816. The van der Waals surface area contributed by atoms with Crippen LogP contribution < -0.4 is 5.73 Å². The Morgan fingerprint density at radius 2 is 1.67 bits per heavy atom. The van der Waals surface area contributed by atoms with Crippen molar-refractivity contribution in [1.82, 2.24) is 0 Å². The quantitative estimate of drug-likeness (QED) is 0.556. The third kappa shape index (κ3) is 4.67. The van der Waals surface area contributed by atoms with Gasteiger partial charge in [0.1, 0.15) is 0 Å². The molecule has 15 heavy (non-hydrogen) atoms. The maximum atomic E-state index is 5.44. The molecule has 0 aliphatic rings. The van der Waals surface area contributed by atoms with Crippen LogP contribution in [0.15, 0.2) is 24.3 Å². The van der Waals surface area contributed by atoms with Gasteiger partial charge in [0.2, 0.25) is 0 Å². The summed E-state index contributed by atoms with van der Waals surface area (Å²) in [5.41, 5.74) is 7.77. The molecule has 0 unspecified atom stereocenters. The van der Waals surface area contributed by atoms with Gasteiger partial charge >= 0.3 is 0 Å². The number of rotatable bonds is 6. The van der Waals surface area contributed by atoms with Crippen LogP contribution in [0.1, 0.15) is 36.8 Å². The van der Waals surface area contributed by atoms with E-state index in [2.05, 4.69) is 18.1 Å². The molecule has 1 aromatic carbocycles. The van der Waals surface area contributed by atoms with Crippen molar-refractivity contribution in [3.63, 3.8) is 0 Å². The fourth-order valence-corrected chi connectivity index (χ4v) is 1.59. The highest BCUT2D eigenvalue weighted by molar-refractivity contribution is 5.34. The van der Waals surface area contributed by atoms with E-state index in [1.54, 1.807) is 0 Å². The van der Waals surface area contributed by atoms with E-state index in [1.165, 1.54) is 24.8 Å². The number of benzene rings is 1. The van der Waals surface area contributed by atoms with Crippen molar-refractivity contribution in [2.45, 2.75) is 32.1 Å². The zero-order valence-corrected chi connectivity index (χ0v) is 9.21. The highest BCUT2D eigenvalue weighted by Crippen LogP contribution is 2.08. The first-order valence-electron chi connectivity index (χ1n) is 5.62. The van der Waals surface area contributed by atoms with Gasteiger partial charge in [0.25, 0.3) is 0 Å². The lowest BCUT2D eigenvalue weighted by molar-refractivity contribution is 0.646. The summed E-state index contributed by atoms with van der Waals surface area (Å²) in [4.78, 5) is 0. The average molecular weight is 201 g/mol. The third-order valence-corrected chi connectivity index (χ3v) is 2.54. The number of terminal acetylenes is 1. The van der Waals surface area contributed by atoms with Crippen LogP contribution in [0.4, 0.5) is 0 Å². The van der Waals surface area contributed by atoms with Gasteiger partial charge in [-0.25, -0.2) is 0 Å². The molecule has 80 valence electrons. The van der Waals surface area contributed by atoms with Crippen LogP contribution in [0, 0.1) is 12.3 Å². The smallest absolute Gasteiger partial charge is 0.0242 e. The van der Waals surface area contributed by atoms with Crippen molar-refractivity contribution in [3.05, 3.63) is 35.4 Å². The molecule has 0 atom stereocenters. The lowest BCUT2D eigenvalue weighted by Crippen LogP contribution is -1.97. The van der Waals surface area contributed by atoms with Crippen LogP contribution in [0.2, 0.25) is 0 Å². The van der Waals surface area contributed by atoms with Crippen molar-refractivity contribution in [3.8, 4) is 12.3 Å². The fraction of sp³-hybridized carbons (Fsp3) is 0.429. The maximum Gasteiger partial charge on any atom is 0.0242 e. The Balaban J connectivity index is 2.23. The monoisotopic (exact) mass is 201 g/mol. The third-order valence-electron chi connectivity index (χ3n) is 2.54. The molecule has 0 aliphatic heterocycles. The van der Waals surface area contributed by atoms with E-state index in [4.69, 9.17) is 12.2 Å². The second-order valence-corrected chi connectivity index (χ2v) is 3.79. The Labute approximate surface area is 92.7 Å². The molecule has 0 heterocycles. The predicted molar refractivity (Wildman–Crippen MR) is 65.6 cm³/mol. The number of hydrogen-bond acceptors (Lipinski definition) is 1. The molecule has 0 saturated heterocycles. The molecular formula is C14H19N. The van der Waals surface area contributed by atoms with E-state index in [0.717, 1.165) is 24.9 Å². The Kier molecular flexibility index (Phi) is 5.58. The van der Waals surface area contributed by atoms with Crippen LogP contribution >= 0.6 is 0 Å². The minimum Gasteiger partial charge on any atom is -0.330 e. The zero-order valence-electron chi connectivity index (χ0n) is 9.21. The zero-order chi connectivity index (χ0) is 10.9. The van der Waals surface area contributed by atoms with Gasteiger partial charge in [0.15, 0.2) is 0 Å². The molecule has 0 spiro atoms. The Bertz CT molecular complexity index is 305. The Morgan fingerprint density at radius 3 is 2.27 bits per heavy atom. The van der Waals surface area contributed by atoms with Crippen LogP contribution in [0.5, 0.6) is 0 Å². The fourth-order valence-electron chi connectivity index (χ4n) is 1.59. The molecule has 0 aliphatic carbocycles. The highest BCUT2D eigenvalue weighted by Gasteiger charge is 1.93. The van der Waals surface area contributed by atoms with Crippen molar-refractivity contribution < 1.29 is 0 Å². The Hall–Kier alpha value is -1.26. The summed E-state index contributed by atoms with van der Waals surface area (Å²) in [6.45, 7) is 0.816. The van der Waals surface area contributed by atoms with E-state index in [-0.39, 0.29) is 0 Å². The molecule has 0 saturated carbocycles. The number of aryl methyl sites for hydroxylation is 1. The second kappa shape index (κ2) is 7.09. The molecule has 1 aromatic rings. The van der Waals surface area contributed by atoms with Crippen molar-refractivity contribution in [2.75, 3.05) is 6.54 Å². The molecule has 1 rings (SSSR count). The highest BCUT2D eigenvalue weighted by atomic mass is 14.5. The van der Waals surface area contributed by atoms with Gasteiger partial charge in [-0.05, 0) is 43.5 Å². The summed E-state index contributed by atoms with van der Waals surface area (Å²) >= 11 is 0. The summed E-state index contributed by atoms with van der Waals surface area (Å²) in [6.07, 6.45) is 11.4. The minimum atomic E-state index is 0.816. The first-order chi connectivity index (χ1) is 7.36. The molecular weight excluding hydrogens is 182 g/mol. The second-order valence-electron chi connectivity index (χ2n) is 3.79. The predicted octanol–water partition coefficient (Wildman–Crippen LogP) is 2.73.